The van der Waals surface area contributed by atoms with Crippen molar-refractivity contribution in [2.24, 2.45) is 0 Å². The fourth-order valence-corrected chi connectivity index (χ4v) is 2.01. The summed E-state index contributed by atoms with van der Waals surface area (Å²) in [6.07, 6.45) is 4.12. The molecule has 1 N–H and O–H groups in total. The molecule has 15 heavy (non-hydrogen) atoms. The van der Waals surface area contributed by atoms with Crippen LogP contribution in [0.1, 0.15) is 42.0 Å². The molecule has 0 bridgehead atoms. The Bertz CT molecular complexity index is 337. The first kappa shape index (κ1) is 10.4. The second-order valence-corrected chi connectivity index (χ2v) is 4.18. The zero-order valence-corrected chi connectivity index (χ0v) is 9.08. The van der Waals surface area contributed by atoms with Crippen molar-refractivity contribution < 1.29 is 9.21 Å². The van der Waals surface area contributed by atoms with Gasteiger partial charge in [0.1, 0.15) is 5.76 Å². The fourth-order valence-electron chi connectivity index (χ4n) is 2.01. The maximum atomic E-state index is 11.8. The average Bonchev–Trinajstić information content (AvgIpc) is 2.66. The van der Waals surface area contributed by atoms with Crippen LogP contribution in [0.4, 0.5) is 0 Å². The van der Waals surface area contributed by atoms with E-state index in [1.54, 1.807) is 6.07 Å². The van der Waals surface area contributed by atoms with Gasteiger partial charge in [-0.05, 0) is 38.4 Å². The zero-order valence-electron chi connectivity index (χ0n) is 9.08. The van der Waals surface area contributed by atoms with Crippen molar-refractivity contribution in [1.29, 1.82) is 0 Å². The van der Waals surface area contributed by atoms with Crippen LogP contribution in [0.5, 0.6) is 0 Å². The SMILES string of the molecule is Cc1ccc(C(=O)CC2CCCCN2)o1. The van der Waals surface area contributed by atoms with Crippen LogP contribution in [0.15, 0.2) is 16.5 Å². The van der Waals surface area contributed by atoms with E-state index in [2.05, 4.69) is 5.32 Å². The summed E-state index contributed by atoms with van der Waals surface area (Å²) in [6.45, 7) is 2.89. The number of furan rings is 1. The molecular formula is C12H17NO2. The number of aryl methyl sites for hydroxylation is 1. The Balaban J connectivity index is 1.91. The number of ketones is 1. The minimum absolute atomic E-state index is 0.113. The first-order chi connectivity index (χ1) is 7.25. The summed E-state index contributed by atoms with van der Waals surface area (Å²) in [5.74, 6) is 1.41. The molecule has 1 atom stereocenters. The average molecular weight is 207 g/mol. The van der Waals surface area contributed by atoms with Crippen molar-refractivity contribution in [3.63, 3.8) is 0 Å². The molecule has 1 aromatic rings. The minimum Gasteiger partial charge on any atom is -0.458 e. The highest BCUT2D eigenvalue weighted by Gasteiger charge is 2.18. The van der Waals surface area contributed by atoms with E-state index >= 15 is 0 Å². The van der Waals surface area contributed by atoms with Crippen molar-refractivity contribution in [2.45, 2.75) is 38.6 Å². The smallest absolute Gasteiger partial charge is 0.199 e. The first-order valence-electron chi connectivity index (χ1n) is 5.59. The van der Waals surface area contributed by atoms with Gasteiger partial charge >= 0.3 is 0 Å². The Morgan fingerprint density at radius 2 is 2.40 bits per heavy atom. The number of carbonyl (C=O) groups is 1. The summed E-state index contributed by atoms with van der Waals surface area (Å²) in [4.78, 5) is 11.8. The van der Waals surface area contributed by atoms with Crippen molar-refractivity contribution in [1.82, 2.24) is 5.32 Å². The van der Waals surface area contributed by atoms with Gasteiger partial charge in [0.2, 0.25) is 0 Å². The zero-order chi connectivity index (χ0) is 10.7. The molecule has 3 heteroatoms. The lowest BCUT2D eigenvalue weighted by Crippen LogP contribution is -2.35. The van der Waals surface area contributed by atoms with Crippen LogP contribution < -0.4 is 5.32 Å². The van der Waals surface area contributed by atoms with E-state index in [4.69, 9.17) is 4.42 Å². The number of hydrogen-bond donors (Lipinski definition) is 1. The van der Waals surface area contributed by atoms with Gasteiger partial charge in [-0.25, -0.2) is 0 Å². The summed E-state index contributed by atoms with van der Waals surface area (Å²) < 4.78 is 5.31. The van der Waals surface area contributed by atoms with Crippen LogP contribution >= 0.6 is 0 Å². The van der Waals surface area contributed by atoms with E-state index in [1.807, 2.05) is 13.0 Å². The highest BCUT2D eigenvalue weighted by molar-refractivity contribution is 5.93. The van der Waals surface area contributed by atoms with Gasteiger partial charge in [0.05, 0.1) is 0 Å². The molecule has 0 aromatic carbocycles. The quantitative estimate of drug-likeness (QED) is 0.773. The van der Waals surface area contributed by atoms with Crippen LogP contribution in [-0.2, 0) is 0 Å². The van der Waals surface area contributed by atoms with Crippen LogP contribution in [-0.4, -0.2) is 18.4 Å². The second kappa shape index (κ2) is 4.62. The maximum Gasteiger partial charge on any atom is 0.199 e. The summed E-state index contributed by atoms with van der Waals surface area (Å²) in [7, 11) is 0. The van der Waals surface area contributed by atoms with Gasteiger partial charge in [-0.2, -0.15) is 0 Å². The number of piperidine rings is 1. The highest BCUT2D eigenvalue weighted by atomic mass is 16.3. The van der Waals surface area contributed by atoms with Crippen LogP contribution in [0.25, 0.3) is 0 Å². The number of rotatable bonds is 3. The number of Topliss-reactive ketones (excluding diaryl/α,β-unsaturated/α-hetero) is 1. The first-order valence-corrected chi connectivity index (χ1v) is 5.59. The van der Waals surface area contributed by atoms with Crippen molar-refractivity contribution >= 4 is 5.78 Å². The molecule has 1 aliphatic rings. The van der Waals surface area contributed by atoms with Crippen molar-refractivity contribution in [3.8, 4) is 0 Å². The molecule has 0 amide bonds. The maximum absolute atomic E-state index is 11.8. The standard InChI is InChI=1S/C12H17NO2/c1-9-5-6-12(15-9)11(14)8-10-4-2-3-7-13-10/h5-6,10,13H,2-4,7-8H2,1H3. The lowest BCUT2D eigenvalue weighted by atomic mass is 9.99. The van der Waals surface area contributed by atoms with E-state index in [-0.39, 0.29) is 5.78 Å². The molecule has 0 aliphatic carbocycles. The molecule has 3 nitrogen and oxygen atoms in total. The van der Waals surface area contributed by atoms with Gasteiger partial charge in [0.15, 0.2) is 11.5 Å². The Morgan fingerprint density at radius 1 is 1.53 bits per heavy atom. The molecule has 82 valence electrons. The summed E-state index contributed by atoms with van der Waals surface area (Å²) in [5.41, 5.74) is 0. The van der Waals surface area contributed by atoms with Gasteiger partial charge in [-0.15, -0.1) is 0 Å². The monoisotopic (exact) mass is 207 g/mol. The third-order valence-corrected chi connectivity index (χ3v) is 2.86. The third kappa shape index (κ3) is 2.69. The van der Waals surface area contributed by atoms with Gasteiger partial charge < -0.3 is 9.73 Å². The Morgan fingerprint density at radius 3 is 3.00 bits per heavy atom. The van der Waals surface area contributed by atoms with E-state index < -0.39 is 0 Å². The molecule has 1 aromatic heterocycles. The predicted octanol–water partition coefficient (Wildman–Crippen LogP) is 2.30. The lowest BCUT2D eigenvalue weighted by Gasteiger charge is -2.22. The molecule has 1 unspecified atom stereocenters. The van der Waals surface area contributed by atoms with E-state index in [1.165, 1.54) is 12.8 Å². The van der Waals surface area contributed by atoms with Crippen LogP contribution in [0.3, 0.4) is 0 Å². The Labute approximate surface area is 89.9 Å². The van der Waals surface area contributed by atoms with E-state index in [9.17, 15) is 4.79 Å². The van der Waals surface area contributed by atoms with Crippen molar-refractivity contribution in [3.05, 3.63) is 23.7 Å². The van der Waals surface area contributed by atoms with Gasteiger partial charge in [0.25, 0.3) is 0 Å². The van der Waals surface area contributed by atoms with Crippen LogP contribution in [0, 0.1) is 6.92 Å². The molecule has 1 fully saturated rings. The largest absolute Gasteiger partial charge is 0.458 e. The molecule has 0 spiro atoms. The highest BCUT2D eigenvalue weighted by Crippen LogP contribution is 2.15. The summed E-state index contributed by atoms with van der Waals surface area (Å²) >= 11 is 0. The molecule has 2 heterocycles. The van der Waals surface area contributed by atoms with E-state index in [0.29, 0.717) is 18.2 Å². The summed E-state index contributed by atoms with van der Waals surface area (Å²) in [6, 6.07) is 3.94. The number of carbonyl (C=O) groups excluding carboxylic acids is 1. The Hall–Kier alpha value is -1.09. The van der Waals surface area contributed by atoms with Gasteiger partial charge in [-0.3, -0.25) is 4.79 Å². The molecule has 0 radical (unpaired) electrons. The van der Waals surface area contributed by atoms with Gasteiger partial charge in [-0.1, -0.05) is 6.42 Å². The number of nitrogens with one attached hydrogen (secondary N) is 1. The minimum atomic E-state index is 0.113. The second-order valence-electron chi connectivity index (χ2n) is 4.18. The summed E-state index contributed by atoms with van der Waals surface area (Å²) in [5, 5.41) is 3.36. The normalized spacial score (nSPS) is 21.5. The van der Waals surface area contributed by atoms with Gasteiger partial charge in [0, 0.05) is 12.5 Å². The van der Waals surface area contributed by atoms with Crippen molar-refractivity contribution in [2.75, 3.05) is 6.54 Å². The number of hydrogen-bond acceptors (Lipinski definition) is 3. The van der Waals surface area contributed by atoms with E-state index in [0.717, 1.165) is 18.7 Å². The predicted molar refractivity (Wildman–Crippen MR) is 58.0 cm³/mol. The topological polar surface area (TPSA) is 42.2 Å². The van der Waals surface area contributed by atoms with Crippen LogP contribution in [0.2, 0.25) is 0 Å². The molecule has 1 aliphatic heterocycles. The molecule has 1 saturated heterocycles. The third-order valence-electron chi connectivity index (χ3n) is 2.86. The molecule has 2 rings (SSSR count). The molecule has 0 saturated carbocycles. The Kier molecular flexibility index (Phi) is 3.21. The fraction of sp³-hybridized carbons (Fsp3) is 0.583. The lowest BCUT2D eigenvalue weighted by molar-refractivity contribution is 0.0935. The molecular weight excluding hydrogens is 190 g/mol.